The maximum Gasteiger partial charge on any atom is 0.211 e. The van der Waals surface area contributed by atoms with Gasteiger partial charge in [0.15, 0.2) is 0 Å². The van der Waals surface area contributed by atoms with Gasteiger partial charge in [-0.05, 0) is 12.2 Å². The van der Waals surface area contributed by atoms with E-state index in [4.69, 9.17) is 4.74 Å². The number of hydrogen-bond acceptors (Lipinski definition) is 4. The first-order chi connectivity index (χ1) is 16.1. The van der Waals surface area contributed by atoms with Crippen LogP contribution in [0.15, 0.2) is 0 Å². The Hall–Kier alpha value is 0.910. The van der Waals surface area contributed by atoms with Gasteiger partial charge in [-0.2, -0.15) is 0 Å². The van der Waals surface area contributed by atoms with Crippen LogP contribution in [-0.2, 0) is 14.8 Å². The quantitative estimate of drug-likeness (QED) is 0.0509. The summed E-state index contributed by atoms with van der Waals surface area (Å²) in [6, 6.07) is 0. The number of nitrogens with zero attached hydrogens (tertiary/aromatic N) is 1. The molecule has 2 unspecified atom stereocenters. The van der Waals surface area contributed by atoms with Crippen molar-refractivity contribution in [1.29, 1.82) is 0 Å². The molecule has 0 aromatic carbocycles. The standard InChI is InChI=1S/C26H56IN2O3S2/c1-6-7-8-9-10-11-12-13-14-15-16-17-18-19-22-33-26(27)25(32-5)24-28-34(30,31)23-20-21-29(2,3)4/h25-26,28H,6-24H2,1-5H3/q+1. The highest BCUT2D eigenvalue weighted by atomic mass is 127. The molecule has 0 radical (unpaired) electrons. The number of halogens is 1. The van der Waals surface area contributed by atoms with Crippen molar-refractivity contribution in [1.82, 2.24) is 4.72 Å². The van der Waals surface area contributed by atoms with Crippen molar-refractivity contribution < 1.29 is 17.6 Å². The highest BCUT2D eigenvalue weighted by Crippen LogP contribution is 2.25. The van der Waals surface area contributed by atoms with E-state index >= 15 is 0 Å². The van der Waals surface area contributed by atoms with Gasteiger partial charge in [0.2, 0.25) is 10.0 Å². The maximum absolute atomic E-state index is 12.3. The summed E-state index contributed by atoms with van der Waals surface area (Å²) < 4.78 is 33.9. The van der Waals surface area contributed by atoms with Gasteiger partial charge in [-0.1, -0.05) is 113 Å². The van der Waals surface area contributed by atoms with Crippen LogP contribution in [0.3, 0.4) is 0 Å². The highest BCUT2D eigenvalue weighted by Gasteiger charge is 2.22. The number of methoxy groups -OCH3 is 1. The van der Waals surface area contributed by atoms with Crippen molar-refractivity contribution >= 4 is 44.4 Å². The molecule has 2 atom stereocenters. The molecule has 0 aliphatic heterocycles. The molecule has 8 heteroatoms. The van der Waals surface area contributed by atoms with Crippen LogP contribution in [0.25, 0.3) is 0 Å². The molecule has 1 N–H and O–H groups in total. The topological polar surface area (TPSA) is 55.4 Å². The predicted molar refractivity (Wildman–Crippen MR) is 161 cm³/mol. The molecule has 0 rings (SSSR count). The van der Waals surface area contributed by atoms with Gasteiger partial charge in [0.25, 0.3) is 0 Å². The molecule has 0 heterocycles. The summed E-state index contributed by atoms with van der Waals surface area (Å²) in [7, 11) is 4.67. The van der Waals surface area contributed by atoms with E-state index in [0.29, 0.717) is 13.0 Å². The van der Waals surface area contributed by atoms with Gasteiger partial charge in [-0.15, -0.1) is 11.8 Å². The number of nitrogens with one attached hydrogen (secondary N) is 1. The van der Waals surface area contributed by atoms with E-state index in [1.807, 2.05) is 11.8 Å². The largest absolute Gasteiger partial charge is 0.378 e. The fourth-order valence-corrected chi connectivity index (χ4v) is 7.29. The van der Waals surface area contributed by atoms with Crippen LogP contribution >= 0.6 is 34.4 Å². The zero-order chi connectivity index (χ0) is 25.7. The second-order valence-corrected chi connectivity index (χ2v) is 16.0. The lowest BCUT2D eigenvalue weighted by molar-refractivity contribution is -0.870. The van der Waals surface area contributed by atoms with Crippen LogP contribution in [0.4, 0.5) is 0 Å². The molecule has 0 saturated carbocycles. The monoisotopic (exact) mass is 635 g/mol. The Bertz CT molecular complexity index is 557. The summed E-state index contributed by atoms with van der Waals surface area (Å²) in [6.45, 7) is 3.47. The third kappa shape index (κ3) is 23.3. The molecule has 34 heavy (non-hydrogen) atoms. The smallest absolute Gasteiger partial charge is 0.211 e. The fraction of sp³-hybridized carbons (Fsp3) is 1.00. The Morgan fingerprint density at radius 1 is 0.824 bits per heavy atom. The molecule has 0 aromatic rings. The zero-order valence-electron chi connectivity index (χ0n) is 23.0. The summed E-state index contributed by atoms with van der Waals surface area (Å²) in [6.07, 6.45) is 19.9. The van der Waals surface area contributed by atoms with Crippen molar-refractivity contribution in [3.05, 3.63) is 0 Å². The van der Waals surface area contributed by atoms with E-state index in [9.17, 15) is 8.42 Å². The molecule has 0 amide bonds. The van der Waals surface area contributed by atoms with Gasteiger partial charge in [-0.3, -0.25) is 0 Å². The van der Waals surface area contributed by atoms with E-state index < -0.39 is 10.0 Å². The molecule has 0 aliphatic rings. The van der Waals surface area contributed by atoms with Gasteiger partial charge in [0.05, 0.1) is 42.8 Å². The molecule has 0 fully saturated rings. The van der Waals surface area contributed by atoms with Crippen molar-refractivity contribution in [2.75, 3.05) is 52.8 Å². The minimum absolute atomic E-state index is 0.106. The minimum Gasteiger partial charge on any atom is -0.378 e. The number of alkyl halides is 1. The highest BCUT2D eigenvalue weighted by molar-refractivity contribution is 14.1. The molecule has 0 aliphatic carbocycles. The Balaban J connectivity index is 3.71. The Kier molecular flexibility index (Phi) is 22.5. The first kappa shape index (κ1) is 34.9. The summed E-state index contributed by atoms with van der Waals surface area (Å²) in [4.78, 5) is 0. The van der Waals surface area contributed by atoms with E-state index in [-0.39, 0.29) is 15.1 Å². The van der Waals surface area contributed by atoms with Gasteiger partial charge in [0.1, 0.15) is 0 Å². The Morgan fingerprint density at radius 3 is 1.74 bits per heavy atom. The van der Waals surface area contributed by atoms with E-state index in [2.05, 4.69) is 55.4 Å². The Morgan fingerprint density at radius 2 is 1.29 bits per heavy atom. The fourth-order valence-electron chi connectivity index (χ4n) is 3.89. The van der Waals surface area contributed by atoms with Crippen LogP contribution in [0.2, 0.25) is 0 Å². The van der Waals surface area contributed by atoms with Crippen molar-refractivity contribution in [2.24, 2.45) is 0 Å². The number of thioether (sulfide) groups is 1. The zero-order valence-corrected chi connectivity index (χ0v) is 26.7. The molecule has 0 spiro atoms. The normalized spacial score (nSPS) is 14.4. The van der Waals surface area contributed by atoms with Crippen molar-refractivity contribution in [3.8, 4) is 0 Å². The molecular weight excluding hydrogens is 579 g/mol. The van der Waals surface area contributed by atoms with Crippen molar-refractivity contribution in [2.45, 2.75) is 113 Å². The van der Waals surface area contributed by atoms with E-state index in [1.165, 1.54) is 89.9 Å². The van der Waals surface area contributed by atoms with Crippen LogP contribution in [0, 0.1) is 0 Å². The van der Waals surface area contributed by atoms with Crippen LogP contribution in [0.1, 0.15) is 103 Å². The second kappa shape index (κ2) is 21.9. The van der Waals surface area contributed by atoms with Crippen molar-refractivity contribution in [3.63, 3.8) is 0 Å². The predicted octanol–water partition coefficient (Wildman–Crippen LogP) is 6.99. The summed E-state index contributed by atoms with van der Waals surface area (Å²) >= 11 is 4.28. The lowest BCUT2D eigenvalue weighted by Crippen LogP contribution is -2.40. The number of ether oxygens (including phenoxy) is 1. The molecule has 0 saturated heterocycles. The van der Waals surface area contributed by atoms with Gasteiger partial charge in [-0.25, -0.2) is 13.1 Å². The van der Waals surface area contributed by atoms with Gasteiger partial charge < -0.3 is 9.22 Å². The van der Waals surface area contributed by atoms with Gasteiger partial charge >= 0.3 is 0 Å². The number of rotatable bonds is 25. The van der Waals surface area contributed by atoms with Crippen LogP contribution in [-0.4, -0.2) is 75.1 Å². The molecule has 0 aromatic heterocycles. The lowest BCUT2D eigenvalue weighted by atomic mass is 10.0. The number of hydrogen-bond donors (Lipinski definition) is 1. The molecule has 206 valence electrons. The number of quaternary nitrogens is 1. The summed E-state index contributed by atoms with van der Waals surface area (Å²) in [5.74, 6) is 1.29. The summed E-state index contributed by atoms with van der Waals surface area (Å²) in [5.41, 5.74) is 0. The molecule has 5 nitrogen and oxygen atoms in total. The molecule has 0 bridgehead atoms. The second-order valence-electron chi connectivity index (χ2n) is 10.6. The van der Waals surface area contributed by atoms with E-state index in [0.717, 1.165) is 16.8 Å². The third-order valence-corrected chi connectivity index (χ3v) is 10.6. The Labute approximate surface area is 231 Å². The van der Waals surface area contributed by atoms with Crippen LogP contribution < -0.4 is 4.72 Å². The van der Waals surface area contributed by atoms with E-state index in [1.54, 1.807) is 7.11 Å². The first-order valence-electron chi connectivity index (χ1n) is 13.7. The average molecular weight is 636 g/mol. The van der Waals surface area contributed by atoms with Crippen LogP contribution in [0.5, 0.6) is 0 Å². The number of sulfonamides is 1. The number of unbranched alkanes of at least 4 members (excludes halogenated alkanes) is 13. The minimum atomic E-state index is -3.25. The maximum atomic E-state index is 12.3. The first-order valence-corrected chi connectivity index (χ1v) is 17.6. The average Bonchev–Trinajstić information content (AvgIpc) is 2.75. The third-order valence-electron chi connectivity index (χ3n) is 6.12. The SMILES string of the molecule is CCCCCCCCCCCCCCCCSC(I)C(CNS(=O)(=O)CCC[N+](C)(C)C)OC. The molecular formula is C26H56IN2O3S2+. The summed E-state index contributed by atoms with van der Waals surface area (Å²) in [5, 5.41) is 0. The lowest BCUT2D eigenvalue weighted by Gasteiger charge is -2.24. The van der Waals surface area contributed by atoms with Gasteiger partial charge in [0, 0.05) is 20.1 Å².